The second-order valence-electron chi connectivity index (χ2n) is 23.8. The molecule has 0 aromatic carbocycles. The SMILES string of the molecule is CCCCCCCCCCCC(CCCCCCCCC)[CH2][Al]([CH2]C(CCCCCCCCC)CCCCCCCCCCC)[CH2]C(CCCCCCCCC)CCCCCCCCCCC. The Morgan fingerprint density at radius 1 is 0.164 bits per heavy atom. The first kappa shape index (κ1) is 67.5. The van der Waals surface area contributed by atoms with Crippen molar-refractivity contribution in [3.05, 3.63) is 0 Å². The van der Waals surface area contributed by atoms with Crippen LogP contribution in [0.4, 0.5) is 0 Å². The minimum absolute atomic E-state index is 0.874. The van der Waals surface area contributed by atoms with Gasteiger partial charge < -0.3 is 0 Å². The Morgan fingerprint density at radius 2 is 0.284 bits per heavy atom. The minimum atomic E-state index is -0.874. The molecule has 0 aliphatic rings. The van der Waals surface area contributed by atoms with E-state index in [9.17, 15) is 0 Å². The molecule has 0 saturated heterocycles. The van der Waals surface area contributed by atoms with E-state index in [-0.39, 0.29) is 0 Å². The van der Waals surface area contributed by atoms with E-state index in [1.165, 1.54) is 308 Å². The Morgan fingerprint density at radius 3 is 0.418 bits per heavy atom. The summed E-state index contributed by atoms with van der Waals surface area (Å²) in [5.41, 5.74) is 0. The van der Waals surface area contributed by atoms with E-state index < -0.39 is 14.1 Å². The molecule has 0 spiro atoms. The van der Waals surface area contributed by atoms with Crippen molar-refractivity contribution in [1.82, 2.24) is 0 Å². The highest BCUT2D eigenvalue weighted by molar-refractivity contribution is 6.59. The van der Waals surface area contributed by atoms with Crippen LogP contribution < -0.4 is 0 Å². The lowest BCUT2D eigenvalue weighted by molar-refractivity contribution is 0.402. The monoisotopic (exact) mass is 955 g/mol. The first-order valence-electron chi connectivity index (χ1n) is 33.1. The summed E-state index contributed by atoms with van der Waals surface area (Å²) >= 11 is -0.874. The largest absolute Gasteiger partial charge is 0.262 e. The summed E-state index contributed by atoms with van der Waals surface area (Å²) in [6.07, 6.45) is 80.6. The lowest BCUT2D eigenvalue weighted by Gasteiger charge is -2.28. The van der Waals surface area contributed by atoms with E-state index in [4.69, 9.17) is 0 Å². The molecule has 0 aromatic heterocycles. The quantitative estimate of drug-likeness (QED) is 0.0421. The zero-order valence-electron chi connectivity index (χ0n) is 48.6. The average Bonchev–Trinajstić information content (AvgIpc) is 3.33. The Kier molecular flexibility index (Phi) is 59.6. The number of hydrogen-bond acceptors (Lipinski definition) is 0. The lowest BCUT2D eigenvalue weighted by Crippen LogP contribution is -2.25. The Hall–Kier alpha value is 0.532. The molecule has 0 N–H and O–H groups in total. The predicted molar refractivity (Wildman–Crippen MR) is 314 cm³/mol. The molecule has 3 unspecified atom stereocenters. The molecule has 0 aromatic rings. The van der Waals surface area contributed by atoms with Crippen molar-refractivity contribution in [3.8, 4) is 0 Å². The smallest absolute Gasteiger partial charge is 0.0910 e. The Balaban J connectivity index is 6.17. The third-order valence-electron chi connectivity index (χ3n) is 16.8. The summed E-state index contributed by atoms with van der Waals surface area (Å²) in [5.74, 6) is 3.15. The first-order chi connectivity index (χ1) is 33.1. The molecule has 0 saturated carbocycles. The van der Waals surface area contributed by atoms with E-state index in [1.807, 2.05) is 0 Å². The van der Waals surface area contributed by atoms with Gasteiger partial charge in [0.05, 0.1) is 0 Å². The molecule has 0 aliphatic carbocycles. The maximum absolute atomic E-state index is 2.38. The molecule has 0 nitrogen and oxygen atoms in total. The highest BCUT2D eigenvalue weighted by atomic mass is 27.2. The van der Waals surface area contributed by atoms with Gasteiger partial charge >= 0.3 is 0 Å². The van der Waals surface area contributed by atoms with Crippen LogP contribution in [0.1, 0.15) is 388 Å². The van der Waals surface area contributed by atoms with Crippen molar-refractivity contribution in [1.29, 1.82) is 0 Å². The van der Waals surface area contributed by atoms with Gasteiger partial charge in [0.25, 0.3) is 14.1 Å². The van der Waals surface area contributed by atoms with Crippen molar-refractivity contribution in [3.63, 3.8) is 0 Å². The first-order valence-corrected chi connectivity index (χ1v) is 35.6. The fourth-order valence-corrected chi connectivity index (χ4v) is 17.1. The van der Waals surface area contributed by atoms with Gasteiger partial charge in [-0.3, -0.25) is 0 Å². The maximum Gasteiger partial charge on any atom is 0.262 e. The van der Waals surface area contributed by atoms with E-state index in [2.05, 4.69) is 41.5 Å². The van der Waals surface area contributed by atoms with Gasteiger partial charge in [-0.2, -0.15) is 0 Å². The molecule has 0 fully saturated rings. The van der Waals surface area contributed by atoms with Crippen molar-refractivity contribution < 1.29 is 0 Å². The molecule has 0 bridgehead atoms. The van der Waals surface area contributed by atoms with Gasteiger partial charge in [-0.1, -0.05) is 422 Å². The molecule has 0 heterocycles. The predicted octanol–water partition coefficient (Wildman–Crippen LogP) is 25.5. The van der Waals surface area contributed by atoms with Gasteiger partial charge in [-0.25, -0.2) is 0 Å². The van der Waals surface area contributed by atoms with Gasteiger partial charge in [-0.05, 0) is 0 Å². The van der Waals surface area contributed by atoms with Crippen LogP contribution in [0.2, 0.25) is 15.8 Å². The normalized spacial score (nSPS) is 13.2. The summed E-state index contributed by atoms with van der Waals surface area (Å²) in [4.78, 5) is 0. The van der Waals surface area contributed by atoms with E-state index in [1.54, 1.807) is 54.4 Å². The Labute approximate surface area is 433 Å². The molecule has 3 atom stereocenters. The highest BCUT2D eigenvalue weighted by Crippen LogP contribution is 2.35. The number of hydrogen-bond donors (Lipinski definition) is 0. The second-order valence-corrected chi connectivity index (χ2v) is 26.9. The van der Waals surface area contributed by atoms with Gasteiger partial charge in [0.15, 0.2) is 0 Å². The Bertz CT molecular complexity index is 741. The molecular weight excluding hydrogens is 820 g/mol. The van der Waals surface area contributed by atoms with E-state index >= 15 is 0 Å². The summed E-state index contributed by atoms with van der Waals surface area (Å²) in [7, 11) is 0. The fourth-order valence-electron chi connectivity index (χ4n) is 12.2. The summed E-state index contributed by atoms with van der Waals surface area (Å²) in [5, 5.41) is 5.18. The number of rotatable bonds is 60. The molecule has 0 aliphatic heterocycles. The number of unbranched alkanes of at least 4 members (excludes halogenated alkanes) is 42. The van der Waals surface area contributed by atoms with Crippen molar-refractivity contribution in [2.45, 2.75) is 404 Å². The van der Waals surface area contributed by atoms with Crippen LogP contribution in [0.3, 0.4) is 0 Å². The van der Waals surface area contributed by atoms with Crippen LogP contribution in [0, 0.1) is 17.8 Å². The van der Waals surface area contributed by atoms with Crippen LogP contribution in [-0.4, -0.2) is 14.1 Å². The zero-order chi connectivity index (χ0) is 48.6. The maximum atomic E-state index is 2.38. The van der Waals surface area contributed by atoms with Gasteiger partial charge in [0.2, 0.25) is 0 Å². The van der Waals surface area contributed by atoms with Crippen LogP contribution in [0.5, 0.6) is 0 Å². The topological polar surface area (TPSA) is 0 Å². The van der Waals surface area contributed by atoms with Crippen LogP contribution >= 0.6 is 0 Å². The van der Waals surface area contributed by atoms with Crippen molar-refractivity contribution >= 4 is 14.1 Å². The lowest BCUT2D eigenvalue weighted by atomic mass is 9.94. The van der Waals surface area contributed by atoms with Gasteiger partial charge in [-0.15, -0.1) is 0 Å². The van der Waals surface area contributed by atoms with Crippen LogP contribution in [0.15, 0.2) is 0 Å². The van der Waals surface area contributed by atoms with E-state index in [0.717, 1.165) is 17.8 Å². The molecular formula is C66H135Al. The molecule has 0 radical (unpaired) electrons. The van der Waals surface area contributed by atoms with Crippen molar-refractivity contribution in [2.75, 3.05) is 0 Å². The fraction of sp³-hybridized carbons (Fsp3) is 1.00. The standard InChI is InChI=1S/3C22H45.Al/c3*1-4-6-8-10-12-13-15-17-19-21-22(3)20-18-16-14-11-9-7-5-2;/h3*22H,3-21H2,1-2H3;. The molecule has 67 heavy (non-hydrogen) atoms. The van der Waals surface area contributed by atoms with Crippen molar-refractivity contribution in [2.24, 2.45) is 17.8 Å². The minimum Gasteiger partial charge on any atom is -0.0910 e. The molecule has 0 rings (SSSR count). The third kappa shape index (κ3) is 52.7. The van der Waals surface area contributed by atoms with Gasteiger partial charge in [0.1, 0.15) is 0 Å². The summed E-state index contributed by atoms with van der Waals surface area (Å²) < 4.78 is 0. The highest BCUT2D eigenvalue weighted by Gasteiger charge is 2.28. The molecule has 0 amide bonds. The van der Waals surface area contributed by atoms with Gasteiger partial charge in [0, 0.05) is 0 Å². The van der Waals surface area contributed by atoms with Crippen LogP contribution in [-0.2, 0) is 0 Å². The third-order valence-corrected chi connectivity index (χ3v) is 20.8. The summed E-state index contributed by atoms with van der Waals surface area (Å²) in [6, 6.07) is 0. The molecule has 402 valence electrons. The van der Waals surface area contributed by atoms with Crippen LogP contribution in [0.25, 0.3) is 0 Å². The average molecular weight is 956 g/mol. The molecule has 1 heteroatoms. The second kappa shape index (κ2) is 59.1. The summed E-state index contributed by atoms with van der Waals surface area (Å²) in [6.45, 7) is 14.2. The van der Waals surface area contributed by atoms with E-state index in [0.29, 0.717) is 0 Å². The zero-order valence-corrected chi connectivity index (χ0v) is 49.8.